The van der Waals surface area contributed by atoms with E-state index < -0.39 is 0 Å². The molecule has 6 aromatic rings. The van der Waals surface area contributed by atoms with E-state index in [1.54, 1.807) is 5.56 Å². The van der Waals surface area contributed by atoms with Crippen LogP contribution in [0.2, 0.25) is 0 Å². The average molecular weight is 957 g/mol. The molecule has 5 aromatic carbocycles. The van der Waals surface area contributed by atoms with Crippen molar-refractivity contribution in [3.05, 3.63) is 153 Å². The summed E-state index contributed by atoms with van der Waals surface area (Å²) in [5.41, 5.74) is 24.3. The van der Waals surface area contributed by atoms with Gasteiger partial charge in [0.05, 0.1) is 11.4 Å². The molecule has 0 spiro atoms. The van der Waals surface area contributed by atoms with Gasteiger partial charge < -0.3 is 9.80 Å². The van der Waals surface area contributed by atoms with Crippen LogP contribution in [-0.2, 0) is 37.9 Å². The van der Waals surface area contributed by atoms with Crippen molar-refractivity contribution in [2.75, 3.05) is 9.80 Å². The SMILES string of the molecule is CC1C=C2C3=C(C1)N(c1ccc4c(c1)C(C)(C)CCC4(C)C)c1cc4c(cc1B3c1sc3ccc(C(C)(C)C)cc3c1N2c1ccc(C(C)(C)C)cc1-c1ccc(C(C)(C)C)cc1)C(C)(C)CCC4(C)C. The highest BCUT2D eigenvalue weighted by atomic mass is 32.1. The Labute approximate surface area is 433 Å². The number of benzene rings is 5. The predicted octanol–water partition coefficient (Wildman–Crippen LogP) is 17.8. The van der Waals surface area contributed by atoms with Crippen molar-refractivity contribution in [3.63, 3.8) is 0 Å². The van der Waals surface area contributed by atoms with Crippen molar-refractivity contribution in [1.82, 2.24) is 0 Å². The number of anilines is 4. The maximum absolute atomic E-state index is 2.80. The van der Waals surface area contributed by atoms with Gasteiger partial charge in [-0.05, 0) is 174 Å². The van der Waals surface area contributed by atoms with Gasteiger partial charge in [0.2, 0.25) is 0 Å². The minimum atomic E-state index is -0.0183. The third-order valence-electron chi connectivity index (χ3n) is 18.2. The van der Waals surface area contributed by atoms with Gasteiger partial charge in [-0.1, -0.05) is 179 Å². The molecule has 5 aliphatic rings. The fourth-order valence-electron chi connectivity index (χ4n) is 13.3. The highest BCUT2D eigenvalue weighted by molar-refractivity contribution is 7.32. The van der Waals surface area contributed by atoms with E-state index in [-0.39, 0.29) is 44.6 Å². The summed E-state index contributed by atoms with van der Waals surface area (Å²) in [6.45, 7) is 43.7. The van der Waals surface area contributed by atoms with Gasteiger partial charge in [0.25, 0.3) is 6.71 Å². The van der Waals surface area contributed by atoms with E-state index >= 15 is 0 Å². The number of fused-ring (bicyclic) bond motifs is 8. The summed E-state index contributed by atoms with van der Waals surface area (Å²) in [6, 6.07) is 37.5. The lowest BCUT2D eigenvalue weighted by Gasteiger charge is -2.50. The van der Waals surface area contributed by atoms with Gasteiger partial charge in [0.1, 0.15) is 0 Å². The van der Waals surface area contributed by atoms with E-state index in [1.165, 1.54) is 130 Å². The highest BCUT2D eigenvalue weighted by Gasteiger charge is 2.51. The highest BCUT2D eigenvalue weighted by Crippen LogP contribution is 2.56. The number of hydrogen-bond acceptors (Lipinski definition) is 3. The van der Waals surface area contributed by atoms with Crippen molar-refractivity contribution in [2.45, 2.75) is 195 Å². The molecule has 1 aromatic heterocycles. The number of thiophene rings is 1. The van der Waals surface area contributed by atoms with Crippen molar-refractivity contribution < 1.29 is 0 Å². The molecule has 2 nitrogen and oxygen atoms in total. The van der Waals surface area contributed by atoms with Crippen LogP contribution in [0.25, 0.3) is 21.2 Å². The zero-order valence-corrected chi connectivity index (χ0v) is 47.5. The molecule has 0 saturated carbocycles. The zero-order valence-electron chi connectivity index (χ0n) is 46.7. The molecule has 368 valence electrons. The molecule has 3 aliphatic carbocycles. The topological polar surface area (TPSA) is 6.48 Å². The number of allylic oxidation sites excluding steroid dienone is 3. The zero-order chi connectivity index (χ0) is 50.9. The second-order valence-electron chi connectivity index (χ2n) is 28.5. The Morgan fingerprint density at radius 3 is 1.68 bits per heavy atom. The van der Waals surface area contributed by atoms with Gasteiger partial charge in [-0.3, -0.25) is 0 Å². The molecule has 0 saturated heterocycles. The summed E-state index contributed by atoms with van der Waals surface area (Å²) < 4.78 is 2.84. The van der Waals surface area contributed by atoms with Gasteiger partial charge in [-0.2, -0.15) is 0 Å². The van der Waals surface area contributed by atoms with Gasteiger partial charge in [-0.25, -0.2) is 0 Å². The number of nitrogens with zero attached hydrogens (tertiary/aromatic N) is 2. The Kier molecular flexibility index (Phi) is 10.7. The molecule has 3 heterocycles. The molecule has 71 heavy (non-hydrogen) atoms. The molecule has 1 unspecified atom stereocenters. The monoisotopic (exact) mass is 957 g/mol. The first kappa shape index (κ1) is 48.5. The molecule has 11 rings (SSSR count). The quantitative estimate of drug-likeness (QED) is 0.163. The summed E-state index contributed by atoms with van der Waals surface area (Å²) in [6.07, 6.45) is 8.44. The smallest absolute Gasteiger partial charge is 0.264 e. The van der Waals surface area contributed by atoms with Crippen LogP contribution in [-0.4, -0.2) is 6.71 Å². The van der Waals surface area contributed by atoms with E-state index in [0.717, 1.165) is 6.42 Å². The third-order valence-corrected chi connectivity index (χ3v) is 19.4. The van der Waals surface area contributed by atoms with Crippen LogP contribution < -0.4 is 20.0 Å². The first-order valence-corrected chi connectivity index (χ1v) is 28.0. The maximum Gasteiger partial charge on any atom is 0.264 e. The maximum atomic E-state index is 2.80. The fourth-order valence-corrected chi connectivity index (χ4v) is 14.6. The van der Waals surface area contributed by atoms with Crippen LogP contribution in [0.5, 0.6) is 0 Å². The fraction of sp³-hybridized carbons (Fsp3) is 0.463. The molecule has 0 fully saturated rings. The second kappa shape index (κ2) is 15.6. The lowest BCUT2D eigenvalue weighted by Crippen LogP contribution is -2.57. The van der Waals surface area contributed by atoms with E-state index in [4.69, 9.17) is 0 Å². The number of hydrogen-bond donors (Lipinski definition) is 0. The second-order valence-corrected chi connectivity index (χ2v) is 29.6. The Morgan fingerprint density at radius 1 is 0.535 bits per heavy atom. The van der Waals surface area contributed by atoms with Crippen molar-refractivity contribution in [2.24, 2.45) is 5.92 Å². The van der Waals surface area contributed by atoms with Crippen LogP contribution in [0.15, 0.2) is 114 Å². The minimum absolute atomic E-state index is 0.00171. The van der Waals surface area contributed by atoms with Crippen LogP contribution in [0.1, 0.15) is 196 Å². The van der Waals surface area contributed by atoms with Gasteiger partial charge in [0, 0.05) is 43.2 Å². The van der Waals surface area contributed by atoms with E-state index in [0.29, 0.717) is 5.92 Å². The number of rotatable bonds is 3. The van der Waals surface area contributed by atoms with Crippen molar-refractivity contribution in [3.8, 4) is 11.1 Å². The molecule has 4 heteroatoms. The molecule has 0 bridgehead atoms. The Balaban J connectivity index is 1.27. The Hall–Kier alpha value is -4.80. The van der Waals surface area contributed by atoms with E-state index in [2.05, 4.69) is 243 Å². The van der Waals surface area contributed by atoms with Crippen LogP contribution >= 0.6 is 11.3 Å². The Bertz CT molecular complexity index is 3250. The summed E-state index contributed by atoms with van der Waals surface area (Å²) >= 11 is 2.05. The normalized spacial score (nSPS) is 20.8. The standard InChI is InChI=1S/C67H81BN2S/c1-40-33-55-58-56(34-40)70(53-27-23-43(62(5,6)7)35-46(53)41-19-21-42(22-20-41)61(2,3)4)59-47-36-44(63(8,9)10)24-28-57(47)71-60(59)68(58)52-38-50-51(67(17,18)32-31-66(50,15)16)39-54(52)69(55)45-25-26-48-49(37-45)65(13,14)30-29-64(48,11)12/h19-28,34-40H,29-33H2,1-18H3. The van der Waals surface area contributed by atoms with Gasteiger partial charge in [-0.15, -0.1) is 11.3 Å². The summed E-state index contributed by atoms with van der Waals surface area (Å²) in [5, 5.41) is 1.37. The minimum Gasteiger partial charge on any atom is -0.315 e. The van der Waals surface area contributed by atoms with Crippen LogP contribution in [0.4, 0.5) is 22.7 Å². The lowest BCUT2D eigenvalue weighted by molar-refractivity contribution is 0.332. The third kappa shape index (κ3) is 7.68. The molecule has 0 amide bonds. The average Bonchev–Trinajstić information content (AvgIpc) is 3.66. The Morgan fingerprint density at radius 2 is 1.07 bits per heavy atom. The largest absolute Gasteiger partial charge is 0.315 e. The molecule has 0 N–H and O–H groups in total. The predicted molar refractivity (Wildman–Crippen MR) is 311 cm³/mol. The van der Waals surface area contributed by atoms with Gasteiger partial charge in [0.15, 0.2) is 0 Å². The summed E-state index contributed by atoms with van der Waals surface area (Å²) in [7, 11) is 0. The van der Waals surface area contributed by atoms with Crippen LogP contribution in [0, 0.1) is 5.92 Å². The molecule has 1 atom stereocenters. The molecule has 0 radical (unpaired) electrons. The van der Waals surface area contributed by atoms with E-state index in [1.807, 2.05) is 0 Å². The van der Waals surface area contributed by atoms with Crippen LogP contribution in [0.3, 0.4) is 0 Å². The van der Waals surface area contributed by atoms with Crippen molar-refractivity contribution >= 4 is 61.1 Å². The molecular weight excluding hydrogens is 876 g/mol. The summed E-state index contributed by atoms with van der Waals surface area (Å²) in [5.74, 6) is 0.317. The van der Waals surface area contributed by atoms with E-state index in [9.17, 15) is 0 Å². The van der Waals surface area contributed by atoms with Crippen molar-refractivity contribution in [1.29, 1.82) is 0 Å². The first-order valence-electron chi connectivity index (χ1n) is 27.2. The lowest BCUT2D eigenvalue weighted by atomic mass is 9.34. The van der Waals surface area contributed by atoms with Gasteiger partial charge >= 0.3 is 0 Å². The first-order chi connectivity index (χ1) is 33.0. The summed E-state index contributed by atoms with van der Waals surface area (Å²) in [4.78, 5) is 5.57. The molecular formula is C67H81BN2S. The molecule has 2 aliphatic heterocycles.